The molecule has 1 fully saturated rings. The van der Waals surface area contributed by atoms with E-state index in [-0.39, 0.29) is 12.5 Å². The van der Waals surface area contributed by atoms with Crippen LogP contribution in [0.5, 0.6) is 0 Å². The second-order valence-electron chi connectivity index (χ2n) is 6.80. The van der Waals surface area contributed by atoms with Gasteiger partial charge >= 0.3 is 6.09 Å². The van der Waals surface area contributed by atoms with Gasteiger partial charge in [-0.1, -0.05) is 56.3 Å². The normalized spacial score (nSPS) is 16.1. The average molecular weight is 352 g/mol. The third kappa shape index (κ3) is 4.23. The predicted molar refractivity (Wildman–Crippen MR) is 101 cm³/mol. The zero-order valence-electron chi connectivity index (χ0n) is 15.1. The Labute approximate surface area is 154 Å². The number of benzene rings is 2. The van der Waals surface area contributed by atoms with E-state index in [1.54, 1.807) is 0 Å². The van der Waals surface area contributed by atoms with Crippen molar-refractivity contribution in [2.75, 3.05) is 11.9 Å². The van der Waals surface area contributed by atoms with Crippen molar-refractivity contribution in [1.82, 2.24) is 4.90 Å². The molecular formula is C21H24N2O3. The van der Waals surface area contributed by atoms with Gasteiger partial charge in [-0.2, -0.15) is 0 Å². The Morgan fingerprint density at radius 3 is 2.38 bits per heavy atom. The van der Waals surface area contributed by atoms with Crippen LogP contribution in [0.15, 0.2) is 54.6 Å². The average Bonchev–Trinajstić information content (AvgIpc) is 2.60. The molecule has 1 N–H and O–H groups in total. The van der Waals surface area contributed by atoms with E-state index in [1.165, 1.54) is 10.5 Å². The fraction of sp³-hybridized carbons (Fsp3) is 0.333. The smallest absolute Gasteiger partial charge is 0.410 e. The highest BCUT2D eigenvalue weighted by Crippen LogP contribution is 2.22. The number of hydrogen-bond acceptors (Lipinski definition) is 3. The zero-order chi connectivity index (χ0) is 18.5. The molecule has 26 heavy (non-hydrogen) atoms. The van der Waals surface area contributed by atoms with Gasteiger partial charge in [-0.05, 0) is 35.6 Å². The molecule has 1 aliphatic heterocycles. The summed E-state index contributed by atoms with van der Waals surface area (Å²) in [6.45, 7) is 5.00. The van der Waals surface area contributed by atoms with Gasteiger partial charge in [0.1, 0.15) is 12.6 Å². The summed E-state index contributed by atoms with van der Waals surface area (Å²) >= 11 is 0. The number of carbonyl (C=O) groups excluding carboxylic acids is 2. The fourth-order valence-corrected chi connectivity index (χ4v) is 2.86. The molecule has 1 unspecified atom stereocenters. The van der Waals surface area contributed by atoms with Crippen LogP contribution in [0.2, 0.25) is 0 Å². The number of nitrogens with one attached hydrogen (secondary N) is 1. The van der Waals surface area contributed by atoms with Crippen molar-refractivity contribution in [2.24, 2.45) is 0 Å². The third-order valence-corrected chi connectivity index (χ3v) is 4.61. The first-order valence-electron chi connectivity index (χ1n) is 8.92. The standard InChI is InChI=1S/C21H24N2O3/c1-15(2)17-8-10-18(11-9-17)22-20(24)19-12-13-23(19)21(25)26-14-16-6-4-3-5-7-16/h3-11,15,19H,12-14H2,1-2H3,(H,22,24). The minimum atomic E-state index is -0.469. The first-order chi connectivity index (χ1) is 12.5. The van der Waals surface area contributed by atoms with Gasteiger partial charge in [0.25, 0.3) is 0 Å². The van der Waals surface area contributed by atoms with Crippen LogP contribution >= 0.6 is 0 Å². The van der Waals surface area contributed by atoms with Crippen molar-refractivity contribution in [2.45, 2.75) is 38.8 Å². The van der Waals surface area contributed by atoms with E-state index in [1.807, 2.05) is 54.6 Å². The third-order valence-electron chi connectivity index (χ3n) is 4.61. The highest BCUT2D eigenvalue weighted by atomic mass is 16.6. The van der Waals surface area contributed by atoms with Crippen LogP contribution in [-0.2, 0) is 16.1 Å². The Hall–Kier alpha value is -2.82. The van der Waals surface area contributed by atoms with Crippen LogP contribution in [-0.4, -0.2) is 29.5 Å². The van der Waals surface area contributed by atoms with Gasteiger partial charge in [-0.15, -0.1) is 0 Å². The number of ether oxygens (including phenoxy) is 1. The molecule has 5 heteroatoms. The van der Waals surface area contributed by atoms with Gasteiger partial charge in [-0.25, -0.2) is 4.79 Å². The highest BCUT2D eigenvalue weighted by Gasteiger charge is 2.38. The Morgan fingerprint density at radius 1 is 1.12 bits per heavy atom. The van der Waals surface area contributed by atoms with Gasteiger partial charge in [0.05, 0.1) is 0 Å². The summed E-state index contributed by atoms with van der Waals surface area (Å²) in [7, 11) is 0. The Balaban J connectivity index is 1.52. The number of likely N-dealkylation sites (tertiary alicyclic amines) is 1. The van der Waals surface area contributed by atoms with Crippen molar-refractivity contribution in [3.05, 3.63) is 65.7 Å². The second kappa shape index (κ2) is 8.04. The summed E-state index contributed by atoms with van der Waals surface area (Å²) in [6.07, 6.45) is 0.200. The quantitative estimate of drug-likeness (QED) is 0.879. The van der Waals surface area contributed by atoms with Crippen LogP contribution in [0.3, 0.4) is 0 Å². The molecule has 2 aromatic rings. The van der Waals surface area contributed by atoms with Crippen molar-refractivity contribution in [1.29, 1.82) is 0 Å². The van der Waals surface area contributed by atoms with E-state index < -0.39 is 12.1 Å². The van der Waals surface area contributed by atoms with E-state index in [4.69, 9.17) is 4.74 Å². The lowest BCUT2D eigenvalue weighted by atomic mass is 10.0. The molecule has 0 spiro atoms. The number of hydrogen-bond donors (Lipinski definition) is 1. The minimum absolute atomic E-state index is 0.176. The van der Waals surface area contributed by atoms with E-state index in [2.05, 4.69) is 19.2 Å². The van der Waals surface area contributed by atoms with Crippen molar-refractivity contribution < 1.29 is 14.3 Å². The molecule has 0 bridgehead atoms. The van der Waals surface area contributed by atoms with Gasteiger partial charge < -0.3 is 10.1 Å². The minimum Gasteiger partial charge on any atom is -0.445 e. The van der Waals surface area contributed by atoms with E-state index in [0.717, 1.165) is 11.3 Å². The van der Waals surface area contributed by atoms with Crippen molar-refractivity contribution in [3.8, 4) is 0 Å². The zero-order valence-corrected chi connectivity index (χ0v) is 15.1. The Bertz CT molecular complexity index is 757. The molecule has 1 saturated heterocycles. The van der Waals surface area contributed by atoms with Gasteiger partial charge in [-0.3, -0.25) is 9.69 Å². The molecule has 1 heterocycles. The van der Waals surface area contributed by atoms with Crippen LogP contribution < -0.4 is 5.32 Å². The molecule has 0 radical (unpaired) electrons. The fourth-order valence-electron chi connectivity index (χ4n) is 2.86. The predicted octanol–water partition coefficient (Wildman–Crippen LogP) is 4.16. The maximum atomic E-state index is 12.4. The Morgan fingerprint density at radius 2 is 1.81 bits per heavy atom. The van der Waals surface area contributed by atoms with E-state index >= 15 is 0 Å². The lowest BCUT2D eigenvalue weighted by Crippen LogP contribution is -2.56. The number of carbonyl (C=O) groups is 2. The molecule has 0 aliphatic carbocycles. The van der Waals surface area contributed by atoms with Crippen molar-refractivity contribution >= 4 is 17.7 Å². The SMILES string of the molecule is CC(C)c1ccc(NC(=O)C2CCN2C(=O)OCc2ccccc2)cc1. The molecule has 1 atom stereocenters. The summed E-state index contributed by atoms with van der Waals surface area (Å²) < 4.78 is 5.31. The van der Waals surface area contributed by atoms with Gasteiger partial charge in [0.2, 0.25) is 5.91 Å². The number of amides is 2. The topological polar surface area (TPSA) is 58.6 Å². The molecular weight excluding hydrogens is 328 g/mol. The van der Waals surface area contributed by atoms with E-state index in [0.29, 0.717) is 18.9 Å². The summed E-state index contributed by atoms with van der Waals surface area (Å²) in [4.78, 5) is 26.1. The molecule has 3 rings (SSSR count). The number of rotatable bonds is 5. The molecule has 2 amide bonds. The number of anilines is 1. The molecule has 136 valence electrons. The van der Waals surface area contributed by atoms with Crippen LogP contribution in [0, 0.1) is 0 Å². The molecule has 2 aromatic carbocycles. The maximum Gasteiger partial charge on any atom is 0.410 e. The molecule has 5 nitrogen and oxygen atoms in total. The summed E-state index contributed by atoms with van der Waals surface area (Å²) in [5, 5.41) is 2.88. The monoisotopic (exact) mass is 352 g/mol. The molecule has 0 saturated carbocycles. The van der Waals surface area contributed by atoms with Crippen LogP contribution in [0.1, 0.15) is 37.3 Å². The van der Waals surface area contributed by atoms with Crippen molar-refractivity contribution in [3.63, 3.8) is 0 Å². The van der Waals surface area contributed by atoms with Crippen LogP contribution in [0.25, 0.3) is 0 Å². The summed E-state index contributed by atoms with van der Waals surface area (Å²) in [6, 6.07) is 16.8. The Kier molecular flexibility index (Phi) is 5.56. The van der Waals surface area contributed by atoms with Gasteiger partial charge in [0, 0.05) is 12.2 Å². The lowest BCUT2D eigenvalue weighted by molar-refractivity contribution is -0.124. The lowest BCUT2D eigenvalue weighted by Gasteiger charge is -2.38. The van der Waals surface area contributed by atoms with Gasteiger partial charge in [0.15, 0.2) is 0 Å². The summed E-state index contributed by atoms with van der Waals surface area (Å²) in [5.74, 6) is 0.270. The number of nitrogens with zero attached hydrogens (tertiary/aromatic N) is 1. The summed E-state index contributed by atoms with van der Waals surface area (Å²) in [5.41, 5.74) is 2.88. The largest absolute Gasteiger partial charge is 0.445 e. The van der Waals surface area contributed by atoms with Crippen LogP contribution in [0.4, 0.5) is 10.5 Å². The maximum absolute atomic E-state index is 12.4. The molecule has 0 aromatic heterocycles. The first kappa shape index (κ1) is 18.0. The first-order valence-corrected chi connectivity index (χ1v) is 8.92. The van der Waals surface area contributed by atoms with E-state index in [9.17, 15) is 9.59 Å². The highest BCUT2D eigenvalue weighted by molar-refractivity contribution is 5.97. The second-order valence-corrected chi connectivity index (χ2v) is 6.80. The molecule has 1 aliphatic rings.